The number of pyridine rings is 1. The Morgan fingerprint density at radius 3 is 2.82 bits per heavy atom. The summed E-state index contributed by atoms with van der Waals surface area (Å²) >= 11 is 1.74. The lowest BCUT2D eigenvalue weighted by molar-refractivity contribution is 0.585. The average molecular weight is 249 g/mol. The summed E-state index contributed by atoms with van der Waals surface area (Å²) in [6.07, 6.45) is 8.02. The van der Waals surface area contributed by atoms with E-state index in [-0.39, 0.29) is 0 Å². The van der Waals surface area contributed by atoms with Gasteiger partial charge in [-0.3, -0.25) is 0 Å². The SMILES string of the molecule is Fc1cc2c(SC3CCCC3)ncnc2cn1. The van der Waals surface area contributed by atoms with Crippen LogP contribution in [0.3, 0.4) is 0 Å². The van der Waals surface area contributed by atoms with Crippen molar-refractivity contribution in [2.45, 2.75) is 36.0 Å². The van der Waals surface area contributed by atoms with E-state index in [4.69, 9.17) is 0 Å². The fourth-order valence-corrected chi connectivity index (χ4v) is 3.45. The third-order valence-corrected chi connectivity index (χ3v) is 4.39. The zero-order chi connectivity index (χ0) is 11.7. The highest BCUT2D eigenvalue weighted by atomic mass is 32.2. The fraction of sp³-hybridized carbons (Fsp3) is 0.417. The van der Waals surface area contributed by atoms with Crippen molar-refractivity contribution in [2.75, 3.05) is 0 Å². The van der Waals surface area contributed by atoms with Gasteiger partial charge in [-0.2, -0.15) is 4.39 Å². The molecule has 1 fully saturated rings. The first-order valence-electron chi connectivity index (χ1n) is 5.76. The van der Waals surface area contributed by atoms with Gasteiger partial charge in [0, 0.05) is 16.7 Å². The minimum Gasteiger partial charge on any atom is -0.235 e. The van der Waals surface area contributed by atoms with Gasteiger partial charge >= 0.3 is 0 Å². The number of hydrogen-bond acceptors (Lipinski definition) is 4. The van der Waals surface area contributed by atoms with E-state index in [0.29, 0.717) is 10.8 Å². The van der Waals surface area contributed by atoms with Crippen LogP contribution in [0.4, 0.5) is 4.39 Å². The minimum atomic E-state index is -0.472. The standard InChI is InChI=1S/C12H12FN3S/c13-11-5-9-10(6-14-11)15-7-16-12(9)17-8-3-1-2-4-8/h5-8H,1-4H2. The number of halogens is 1. The predicted octanol–water partition coefficient (Wildman–Crippen LogP) is 3.20. The molecule has 0 saturated heterocycles. The maximum Gasteiger partial charge on any atom is 0.213 e. The van der Waals surface area contributed by atoms with Gasteiger partial charge < -0.3 is 0 Å². The van der Waals surface area contributed by atoms with Crippen LogP contribution >= 0.6 is 11.8 Å². The molecule has 0 aliphatic heterocycles. The fourth-order valence-electron chi connectivity index (χ4n) is 2.17. The maximum absolute atomic E-state index is 13.2. The van der Waals surface area contributed by atoms with Gasteiger partial charge in [-0.1, -0.05) is 12.8 Å². The molecule has 0 atom stereocenters. The van der Waals surface area contributed by atoms with Gasteiger partial charge in [0.2, 0.25) is 5.95 Å². The monoisotopic (exact) mass is 249 g/mol. The third kappa shape index (κ3) is 2.24. The molecule has 0 amide bonds. The van der Waals surface area contributed by atoms with E-state index in [1.54, 1.807) is 11.8 Å². The molecule has 17 heavy (non-hydrogen) atoms. The lowest BCUT2D eigenvalue weighted by Gasteiger charge is -2.09. The van der Waals surface area contributed by atoms with Crippen LogP contribution in [0.2, 0.25) is 0 Å². The van der Waals surface area contributed by atoms with Crippen LogP contribution in [0, 0.1) is 5.95 Å². The van der Waals surface area contributed by atoms with Crippen LogP contribution in [0.1, 0.15) is 25.7 Å². The lowest BCUT2D eigenvalue weighted by atomic mass is 10.3. The molecular formula is C12H12FN3S. The molecular weight excluding hydrogens is 237 g/mol. The summed E-state index contributed by atoms with van der Waals surface area (Å²) in [6, 6.07) is 1.42. The summed E-state index contributed by atoms with van der Waals surface area (Å²) in [5.74, 6) is -0.472. The molecule has 1 aliphatic rings. The van der Waals surface area contributed by atoms with Crippen molar-refractivity contribution in [3.8, 4) is 0 Å². The van der Waals surface area contributed by atoms with Crippen molar-refractivity contribution in [1.29, 1.82) is 0 Å². The van der Waals surface area contributed by atoms with Crippen molar-refractivity contribution in [3.63, 3.8) is 0 Å². The van der Waals surface area contributed by atoms with Crippen molar-refractivity contribution in [1.82, 2.24) is 15.0 Å². The first-order chi connectivity index (χ1) is 8.33. The second kappa shape index (κ2) is 4.56. The Hall–Kier alpha value is -1.23. The second-order valence-corrected chi connectivity index (χ2v) is 5.52. The van der Waals surface area contributed by atoms with E-state index in [1.807, 2.05) is 0 Å². The van der Waals surface area contributed by atoms with Gasteiger partial charge in [-0.05, 0) is 12.8 Å². The molecule has 3 rings (SSSR count). The molecule has 0 spiro atoms. The minimum absolute atomic E-state index is 0.472. The number of hydrogen-bond donors (Lipinski definition) is 0. The van der Waals surface area contributed by atoms with Crippen LogP contribution in [0.25, 0.3) is 10.9 Å². The van der Waals surface area contributed by atoms with Gasteiger partial charge in [-0.15, -0.1) is 11.8 Å². The van der Waals surface area contributed by atoms with Crippen molar-refractivity contribution < 1.29 is 4.39 Å². The van der Waals surface area contributed by atoms with E-state index >= 15 is 0 Å². The van der Waals surface area contributed by atoms with Crippen molar-refractivity contribution in [2.24, 2.45) is 0 Å². The summed E-state index contributed by atoms with van der Waals surface area (Å²) < 4.78 is 13.2. The predicted molar refractivity (Wildman–Crippen MR) is 65.4 cm³/mol. The number of fused-ring (bicyclic) bond motifs is 1. The van der Waals surface area contributed by atoms with E-state index in [2.05, 4.69) is 15.0 Å². The molecule has 1 saturated carbocycles. The zero-order valence-corrected chi connectivity index (χ0v) is 10.1. The van der Waals surface area contributed by atoms with E-state index < -0.39 is 5.95 Å². The summed E-state index contributed by atoms with van der Waals surface area (Å²) in [6.45, 7) is 0. The number of aromatic nitrogens is 3. The molecule has 2 heterocycles. The summed E-state index contributed by atoms with van der Waals surface area (Å²) in [7, 11) is 0. The van der Waals surface area contributed by atoms with Gasteiger partial charge in [0.25, 0.3) is 0 Å². The molecule has 0 N–H and O–H groups in total. The van der Waals surface area contributed by atoms with E-state index in [0.717, 1.165) is 10.4 Å². The summed E-state index contributed by atoms with van der Waals surface area (Å²) in [4.78, 5) is 12.0. The summed E-state index contributed by atoms with van der Waals surface area (Å²) in [5, 5.41) is 2.27. The van der Waals surface area contributed by atoms with E-state index in [1.165, 1.54) is 44.3 Å². The molecule has 88 valence electrons. The highest BCUT2D eigenvalue weighted by Crippen LogP contribution is 2.36. The van der Waals surface area contributed by atoms with Crippen LogP contribution in [-0.2, 0) is 0 Å². The second-order valence-electron chi connectivity index (χ2n) is 4.23. The average Bonchev–Trinajstić information content (AvgIpc) is 2.83. The molecule has 0 aromatic carbocycles. The molecule has 2 aromatic heterocycles. The Balaban J connectivity index is 1.99. The Morgan fingerprint density at radius 2 is 2.00 bits per heavy atom. The Kier molecular flexibility index (Phi) is 2.93. The summed E-state index contributed by atoms with van der Waals surface area (Å²) in [5.41, 5.74) is 0.710. The zero-order valence-electron chi connectivity index (χ0n) is 9.27. The lowest BCUT2D eigenvalue weighted by Crippen LogP contribution is -1.97. The number of nitrogens with zero attached hydrogens (tertiary/aromatic N) is 3. The Labute approximate surface area is 103 Å². The van der Waals surface area contributed by atoms with Crippen molar-refractivity contribution in [3.05, 3.63) is 24.5 Å². The van der Waals surface area contributed by atoms with Gasteiger partial charge in [0.05, 0.1) is 11.7 Å². The van der Waals surface area contributed by atoms with E-state index in [9.17, 15) is 4.39 Å². The molecule has 3 nitrogen and oxygen atoms in total. The highest BCUT2D eigenvalue weighted by Gasteiger charge is 2.18. The normalized spacial score (nSPS) is 16.8. The van der Waals surface area contributed by atoms with Crippen LogP contribution in [0.5, 0.6) is 0 Å². The van der Waals surface area contributed by atoms with Crippen LogP contribution < -0.4 is 0 Å². The van der Waals surface area contributed by atoms with Crippen LogP contribution in [-0.4, -0.2) is 20.2 Å². The van der Waals surface area contributed by atoms with Gasteiger partial charge in [0.1, 0.15) is 11.4 Å². The van der Waals surface area contributed by atoms with Crippen LogP contribution in [0.15, 0.2) is 23.6 Å². The maximum atomic E-state index is 13.2. The third-order valence-electron chi connectivity index (χ3n) is 3.03. The molecule has 0 radical (unpaired) electrons. The topological polar surface area (TPSA) is 38.7 Å². The Morgan fingerprint density at radius 1 is 1.18 bits per heavy atom. The quantitative estimate of drug-likeness (QED) is 0.605. The smallest absolute Gasteiger partial charge is 0.213 e. The number of thioether (sulfide) groups is 1. The number of rotatable bonds is 2. The molecule has 1 aliphatic carbocycles. The Bertz CT molecular complexity index is 540. The first kappa shape index (κ1) is 10.9. The van der Waals surface area contributed by atoms with Gasteiger partial charge in [-0.25, -0.2) is 15.0 Å². The van der Waals surface area contributed by atoms with Crippen molar-refractivity contribution >= 4 is 22.7 Å². The first-order valence-corrected chi connectivity index (χ1v) is 6.64. The molecule has 2 aromatic rings. The van der Waals surface area contributed by atoms with Gasteiger partial charge in [0.15, 0.2) is 0 Å². The molecule has 0 unspecified atom stereocenters. The molecule has 0 bridgehead atoms. The molecule has 5 heteroatoms. The highest BCUT2D eigenvalue weighted by molar-refractivity contribution is 8.00. The largest absolute Gasteiger partial charge is 0.235 e.